The zero-order valence-electron chi connectivity index (χ0n) is 9.96. The number of benzene rings is 1. The van der Waals surface area contributed by atoms with Gasteiger partial charge in [0, 0.05) is 17.4 Å². The average molecular weight is 217 g/mol. The second-order valence-electron chi connectivity index (χ2n) is 4.35. The largest absolute Gasteiger partial charge is 0.372 e. The van der Waals surface area contributed by atoms with E-state index in [1.54, 1.807) is 0 Å². The first-order valence-electron chi connectivity index (χ1n) is 5.72. The Morgan fingerprint density at radius 2 is 2.06 bits per heavy atom. The molecule has 0 fully saturated rings. The highest BCUT2D eigenvalue weighted by Gasteiger charge is 1.98. The quantitative estimate of drug-likeness (QED) is 0.754. The molecule has 2 rings (SSSR count). The summed E-state index contributed by atoms with van der Waals surface area (Å²) < 4.78 is 0. The van der Waals surface area contributed by atoms with Crippen molar-refractivity contribution in [1.82, 2.24) is 9.88 Å². The molecule has 0 aliphatic carbocycles. The molecule has 1 heterocycles. The van der Waals surface area contributed by atoms with Crippen molar-refractivity contribution in [2.24, 2.45) is 0 Å². The van der Waals surface area contributed by atoms with Crippen molar-refractivity contribution in [2.75, 3.05) is 32.5 Å². The molecule has 0 atom stereocenters. The fraction of sp³-hybridized carbons (Fsp3) is 0.385. The number of anilines is 1. The van der Waals surface area contributed by atoms with Gasteiger partial charge in [0.2, 0.25) is 0 Å². The van der Waals surface area contributed by atoms with Crippen molar-refractivity contribution in [2.45, 2.75) is 6.42 Å². The Morgan fingerprint density at radius 1 is 1.25 bits per heavy atom. The van der Waals surface area contributed by atoms with E-state index < -0.39 is 0 Å². The lowest BCUT2D eigenvalue weighted by Crippen LogP contribution is -2.16. The van der Waals surface area contributed by atoms with Crippen LogP contribution in [0.25, 0.3) is 10.9 Å². The summed E-state index contributed by atoms with van der Waals surface area (Å²) >= 11 is 0. The Morgan fingerprint density at radius 3 is 2.81 bits per heavy atom. The normalized spacial score (nSPS) is 11.2. The van der Waals surface area contributed by atoms with Gasteiger partial charge in [-0.2, -0.15) is 0 Å². The van der Waals surface area contributed by atoms with Crippen molar-refractivity contribution < 1.29 is 0 Å². The minimum Gasteiger partial charge on any atom is -0.372 e. The number of hydrogen-bond acceptors (Lipinski definition) is 2. The molecule has 0 aliphatic heterocycles. The third kappa shape index (κ3) is 2.76. The summed E-state index contributed by atoms with van der Waals surface area (Å²) in [6.45, 7) is 2.12. The molecule has 1 aromatic carbocycles. The van der Waals surface area contributed by atoms with Gasteiger partial charge in [-0.25, -0.2) is 0 Å². The Kier molecular flexibility index (Phi) is 3.47. The van der Waals surface area contributed by atoms with Gasteiger partial charge in [0.05, 0.1) is 0 Å². The molecule has 0 saturated heterocycles. The molecule has 0 saturated carbocycles. The van der Waals surface area contributed by atoms with Crippen molar-refractivity contribution in [3.8, 4) is 0 Å². The molecule has 2 N–H and O–H groups in total. The van der Waals surface area contributed by atoms with Crippen LogP contribution in [0.2, 0.25) is 0 Å². The summed E-state index contributed by atoms with van der Waals surface area (Å²) in [6, 6.07) is 10.5. The van der Waals surface area contributed by atoms with E-state index >= 15 is 0 Å². The first-order chi connectivity index (χ1) is 7.75. The maximum absolute atomic E-state index is 3.41. The van der Waals surface area contributed by atoms with Crippen molar-refractivity contribution >= 4 is 16.7 Å². The van der Waals surface area contributed by atoms with E-state index in [2.05, 4.69) is 59.6 Å². The van der Waals surface area contributed by atoms with Gasteiger partial charge in [0.25, 0.3) is 0 Å². The van der Waals surface area contributed by atoms with E-state index in [1.165, 1.54) is 10.9 Å². The monoisotopic (exact) mass is 217 g/mol. The number of aromatic nitrogens is 1. The molecule has 0 bridgehead atoms. The number of hydrogen-bond donors (Lipinski definition) is 2. The molecule has 0 unspecified atom stereocenters. The van der Waals surface area contributed by atoms with Gasteiger partial charge >= 0.3 is 0 Å². The average Bonchev–Trinajstić information content (AvgIpc) is 2.66. The van der Waals surface area contributed by atoms with E-state index in [4.69, 9.17) is 0 Å². The highest BCUT2D eigenvalue weighted by molar-refractivity contribution is 5.83. The summed E-state index contributed by atoms with van der Waals surface area (Å²) in [5, 5.41) is 4.67. The molecular weight excluding hydrogens is 198 g/mol. The molecule has 0 aliphatic rings. The van der Waals surface area contributed by atoms with Crippen molar-refractivity contribution in [1.29, 1.82) is 0 Å². The number of fused-ring (bicyclic) bond motifs is 1. The minimum atomic E-state index is 1.00. The summed E-state index contributed by atoms with van der Waals surface area (Å²) in [5.74, 6) is 1.11. The van der Waals surface area contributed by atoms with E-state index in [1.807, 2.05) is 0 Å². The Bertz CT molecular complexity index is 412. The van der Waals surface area contributed by atoms with Crippen LogP contribution in [0.15, 0.2) is 30.3 Å². The lowest BCUT2D eigenvalue weighted by atomic mass is 10.2. The van der Waals surface area contributed by atoms with Crippen LogP contribution >= 0.6 is 0 Å². The SMILES string of the molecule is CN(C)CCCNc1cc2ccccc2[nH]1. The predicted octanol–water partition coefficient (Wildman–Crippen LogP) is 2.53. The van der Waals surface area contributed by atoms with Gasteiger partial charge in [-0.15, -0.1) is 0 Å². The maximum Gasteiger partial charge on any atom is 0.104 e. The maximum atomic E-state index is 3.41. The van der Waals surface area contributed by atoms with E-state index in [0.717, 1.165) is 25.3 Å². The van der Waals surface area contributed by atoms with Gasteiger partial charge in [-0.05, 0) is 39.2 Å². The standard InChI is InChI=1S/C13H19N3/c1-16(2)9-5-8-14-13-10-11-6-3-4-7-12(11)15-13/h3-4,6-7,10,14-15H,5,8-9H2,1-2H3. The van der Waals surface area contributed by atoms with Crippen LogP contribution in [0.3, 0.4) is 0 Å². The zero-order chi connectivity index (χ0) is 11.4. The summed E-state index contributed by atoms with van der Waals surface area (Å²) in [7, 11) is 4.20. The molecule has 0 radical (unpaired) electrons. The highest BCUT2D eigenvalue weighted by atomic mass is 15.1. The van der Waals surface area contributed by atoms with E-state index in [9.17, 15) is 0 Å². The third-order valence-corrected chi connectivity index (χ3v) is 2.63. The number of nitrogens with one attached hydrogen (secondary N) is 2. The van der Waals surface area contributed by atoms with Gasteiger partial charge in [0.1, 0.15) is 5.82 Å². The number of rotatable bonds is 5. The summed E-state index contributed by atoms with van der Waals surface area (Å²) in [4.78, 5) is 5.56. The third-order valence-electron chi connectivity index (χ3n) is 2.63. The van der Waals surface area contributed by atoms with Gasteiger partial charge < -0.3 is 15.2 Å². The Balaban J connectivity index is 1.89. The Hall–Kier alpha value is -1.48. The van der Waals surface area contributed by atoms with Crippen LogP contribution in [0.4, 0.5) is 5.82 Å². The van der Waals surface area contributed by atoms with Crippen molar-refractivity contribution in [3.05, 3.63) is 30.3 Å². The van der Waals surface area contributed by atoms with Crippen LogP contribution in [-0.2, 0) is 0 Å². The summed E-state index contributed by atoms with van der Waals surface area (Å²) in [5.41, 5.74) is 1.19. The number of para-hydroxylation sites is 1. The first-order valence-corrected chi connectivity index (χ1v) is 5.72. The second-order valence-corrected chi connectivity index (χ2v) is 4.35. The predicted molar refractivity (Wildman–Crippen MR) is 70.0 cm³/mol. The zero-order valence-corrected chi connectivity index (χ0v) is 9.96. The van der Waals surface area contributed by atoms with Crippen LogP contribution in [0, 0.1) is 0 Å². The molecule has 3 heteroatoms. The molecular formula is C13H19N3. The fourth-order valence-corrected chi connectivity index (χ4v) is 1.79. The number of aromatic amines is 1. The van der Waals surface area contributed by atoms with E-state index in [-0.39, 0.29) is 0 Å². The Labute approximate surface area is 96.5 Å². The van der Waals surface area contributed by atoms with Crippen LogP contribution in [-0.4, -0.2) is 37.1 Å². The number of H-pyrrole nitrogens is 1. The second kappa shape index (κ2) is 5.03. The highest BCUT2D eigenvalue weighted by Crippen LogP contribution is 2.17. The smallest absolute Gasteiger partial charge is 0.104 e. The van der Waals surface area contributed by atoms with Crippen LogP contribution < -0.4 is 5.32 Å². The van der Waals surface area contributed by atoms with Gasteiger partial charge in [0.15, 0.2) is 0 Å². The first kappa shape index (κ1) is 11.0. The molecule has 2 aromatic rings. The van der Waals surface area contributed by atoms with E-state index in [0.29, 0.717) is 0 Å². The summed E-state index contributed by atoms with van der Waals surface area (Å²) in [6.07, 6.45) is 1.16. The van der Waals surface area contributed by atoms with Crippen molar-refractivity contribution in [3.63, 3.8) is 0 Å². The van der Waals surface area contributed by atoms with Gasteiger partial charge in [-0.3, -0.25) is 0 Å². The lowest BCUT2D eigenvalue weighted by Gasteiger charge is -2.09. The van der Waals surface area contributed by atoms with Crippen LogP contribution in [0.5, 0.6) is 0 Å². The number of nitrogens with zero attached hydrogens (tertiary/aromatic N) is 1. The topological polar surface area (TPSA) is 31.1 Å². The minimum absolute atomic E-state index is 1.00. The molecule has 0 amide bonds. The fourth-order valence-electron chi connectivity index (χ4n) is 1.79. The molecule has 86 valence electrons. The molecule has 16 heavy (non-hydrogen) atoms. The molecule has 0 spiro atoms. The lowest BCUT2D eigenvalue weighted by molar-refractivity contribution is 0.405. The molecule has 1 aromatic heterocycles. The molecule has 3 nitrogen and oxygen atoms in total. The van der Waals surface area contributed by atoms with Gasteiger partial charge in [-0.1, -0.05) is 18.2 Å². The van der Waals surface area contributed by atoms with Crippen LogP contribution in [0.1, 0.15) is 6.42 Å².